The minimum atomic E-state index is -0.843. The topological polar surface area (TPSA) is 47.9 Å². The lowest BCUT2D eigenvalue weighted by Gasteiger charge is -2.44. The van der Waals surface area contributed by atoms with Gasteiger partial charge in [0.15, 0.2) is 0 Å². The van der Waals surface area contributed by atoms with Crippen molar-refractivity contribution in [3.63, 3.8) is 0 Å². The first kappa shape index (κ1) is 23.4. The molecule has 4 nitrogen and oxygen atoms in total. The molecule has 3 aromatic carbocycles. The van der Waals surface area contributed by atoms with E-state index < -0.39 is 24.4 Å². The zero-order valence-corrected chi connectivity index (χ0v) is 19.4. The van der Waals surface area contributed by atoms with Gasteiger partial charge in [-0.3, -0.25) is 0 Å². The Balaban J connectivity index is 1.56. The first-order chi connectivity index (χ1) is 15.7. The second-order valence-corrected chi connectivity index (χ2v) is 9.21. The number of hydrogen-bond acceptors (Lipinski definition) is 6. The predicted octanol–water partition coefficient (Wildman–Crippen LogP) is 4.97. The molecular weight excluding hydrogens is 440 g/mol. The van der Waals surface area contributed by atoms with Gasteiger partial charge in [0.1, 0.15) is 23.7 Å². The van der Waals surface area contributed by atoms with Crippen molar-refractivity contribution in [1.82, 2.24) is 0 Å². The van der Waals surface area contributed by atoms with Crippen molar-refractivity contribution in [3.8, 4) is 0 Å². The quantitative estimate of drug-likeness (QED) is 0.435. The minimum Gasteiger partial charge on any atom is -0.388 e. The van der Waals surface area contributed by atoms with Crippen molar-refractivity contribution in [2.75, 3.05) is 5.75 Å². The van der Waals surface area contributed by atoms with Crippen LogP contribution in [0, 0.1) is 0 Å². The molecule has 0 saturated carbocycles. The number of hydrogen-bond donors (Lipinski definition) is 2. The van der Waals surface area contributed by atoms with Crippen molar-refractivity contribution in [2.24, 2.45) is 0 Å². The fourth-order valence-electron chi connectivity index (χ4n) is 3.67. The Morgan fingerprint density at radius 3 is 1.78 bits per heavy atom. The Bertz CT molecular complexity index is 926. The van der Waals surface area contributed by atoms with Gasteiger partial charge in [-0.15, -0.1) is 0 Å². The molecular formula is C26H28O4S2. The minimum absolute atomic E-state index is 0.345. The van der Waals surface area contributed by atoms with Gasteiger partial charge in [0.2, 0.25) is 0 Å². The van der Waals surface area contributed by atoms with E-state index in [2.05, 4.69) is 12.6 Å². The Morgan fingerprint density at radius 1 is 0.750 bits per heavy atom. The van der Waals surface area contributed by atoms with Crippen molar-refractivity contribution >= 4 is 24.4 Å². The van der Waals surface area contributed by atoms with E-state index in [1.807, 2.05) is 91.0 Å². The molecule has 0 aromatic heterocycles. The van der Waals surface area contributed by atoms with Gasteiger partial charge in [-0.05, 0) is 23.3 Å². The highest BCUT2D eigenvalue weighted by Crippen LogP contribution is 2.37. The van der Waals surface area contributed by atoms with Crippen LogP contribution in [-0.2, 0) is 27.4 Å². The van der Waals surface area contributed by atoms with Gasteiger partial charge in [-0.25, -0.2) is 0 Å². The summed E-state index contributed by atoms with van der Waals surface area (Å²) < 4.78 is 18.9. The smallest absolute Gasteiger partial charge is 0.137 e. The summed E-state index contributed by atoms with van der Waals surface area (Å²) in [7, 11) is 0. The van der Waals surface area contributed by atoms with Crippen LogP contribution in [0.25, 0.3) is 0 Å². The SMILES string of the molecule is O[C@@H]1[C@@H](OCc2ccccc2)[C@@H](OCc2ccccc2)[C@H](Sc2ccccc2)O[C@H]1CS. The fraction of sp³-hybridized carbons (Fsp3) is 0.308. The third kappa shape index (κ3) is 6.16. The predicted molar refractivity (Wildman–Crippen MR) is 131 cm³/mol. The first-order valence-corrected chi connectivity index (χ1v) is 12.2. The Kier molecular flexibility index (Phi) is 8.68. The summed E-state index contributed by atoms with van der Waals surface area (Å²) in [6, 6.07) is 30.0. The molecule has 168 valence electrons. The lowest BCUT2D eigenvalue weighted by Crippen LogP contribution is -2.58. The van der Waals surface area contributed by atoms with Gasteiger partial charge in [-0.2, -0.15) is 12.6 Å². The zero-order chi connectivity index (χ0) is 22.2. The third-order valence-electron chi connectivity index (χ3n) is 5.36. The molecule has 4 rings (SSSR count). The number of ether oxygens (including phenoxy) is 3. The fourth-order valence-corrected chi connectivity index (χ4v) is 5.12. The molecule has 6 heteroatoms. The van der Waals surface area contributed by atoms with Crippen LogP contribution in [-0.4, -0.2) is 40.7 Å². The number of aliphatic hydroxyl groups excluding tert-OH is 1. The van der Waals surface area contributed by atoms with E-state index in [-0.39, 0.29) is 5.44 Å². The number of aliphatic hydroxyl groups is 1. The third-order valence-corrected chi connectivity index (χ3v) is 6.88. The molecule has 3 aromatic rings. The van der Waals surface area contributed by atoms with Gasteiger partial charge < -0.3 is 19.3 Å². The molecule has 0 radical (unpaired) electrons. The summed E-state index contributed by atoms with van der Waals surface area (Å²) in [5.41, 5.74) is 1.76. The molecule has 0 aliphatic carbocycles. The van der Waals surface area contributed by atoms with Gasteiger partial charge in [0, 0.05) is 10.6 Å². The molecule has 1 aliphatic rings. The van der Waals surface area contributed by atoms with E-state index in [9.17, 15) is 5.11 Å². The molecule has 0 bridgehead atoms. The van der Waals surface area contributed by atoms with Crippen LogP contribution in [0.4, 0.5) is 0 Å². The van der Waals surface area contributed by atoms with E-state index in [0.717, 1.165) is 16.0 Å². The van der Waals surface area contributed by atoms with Crippen molar-refractivity contribution in [2.45, 2.75) is 48.0 Å². The molecule has 1 N–H and O–H groups in total. The lowest BCUT2D eigenvalue weighted by atomic mass is 10.00. The van der Waals surface area contributed by atoms with Crippen LogP contribution >= 0.6 is 24.4 Å². The maximum Gasteiger partial charge on any atom is 0.137 e. The van der Waals surface area contributed by atoms with E-state index in [0.29, 0.717) is 19.0 Å². The normalized spacial score (nSPS) is 25.5. The van der Waals surface area contributed by atoms with Crippen LogP contribution in [0.1, 0.15) is 11.1 Å². The van der Waals surface area contributed by atoms with Crippen molar-refractivity contribution in [1.29, 1.82) is 0 Å². The summed E-state index contributed by atoms with van der Waals surface area (Å²) in [6.07, 6.45) is -2.30. The van der Waals surface area contributed by atoms with Crippen LogP contribution in [0.2, 0.25) is 0 Å². The maximum absolute atomic E-state index is 11.1. The average molecular weight is 469 g/mol. The van der Waals surface area contributed by atoms with Crippen LogP contribution in [0.5, 0.6) is 0 Å². The molecule has 5 atom stereocenters. The number of benzene rings is 3. The van der Waals surface area contributed by atoms with Gasteiger partial charge >= 0.3 is 0 Å². The van der Waals surface area contributed by atoms with Gasteiger partial charge in [0.25, 0.3) is 0 Å². The summed E-state index contributed by atoms with van der Waals surface area (Å²) >= 11 is 6.00. The van der Waals surface area contributed by atoms with Crippen LogP contribution in [0.3, 0.4) is 0 Å². The largest absolute Gasteiger partial charge is 0.388 e. The summed E-state index contributed by atoms with van der Waals surface area (Å²) in [5, 5.41) is 11.1. The van der Waals surface area contributed by atoms with E-state index in [1.165, 1.54) is 0 Å². The molecule has 0 amide bonds. The highest BCUT2D eigenvalue weighted by atomic mass is 32.2. The molecule has 32 heavy (non-hydrogen) atoms. The lowest BCUT2D eigenvalue weighted by molar-refractivity contribution is -0.226. The van der Waals surface area contributed by atoms with Crippen molar-refractivity contribution in [3.05, 3.63) is 102 Å². The highest BCUT2D eigenvalue weighted by molar-refractivity contribution is 7.99. The molecule has 1 saturated heterocycles. The standard InChI is InChI=1S/C26H28O4S2/c27-23-22(18-31)30-26(32-21-14-8-3-9-15-21)25(29-17-20-12-6-2-7-13-20)24(23)28-16-19-10-4-1-5-11-19/h1-15,22-27,31H,16-18H2/t22-,23-,24+,25+,26-/m0/s1. The molecule has 1 heterocycles. The van der Waals surface area contributed by atoms with E-state index in [1.54, 1.807) is 11.8 Å². The number of thiol groups is 1. The van der Waals surface area contributed by atoms with E-state index >= 15 is 0 Å². The Morgan fingerprint density at radius 2 is 1.25 bits per heavy atom. The molecule has 1 fully saturated rings. The van der Waals surface area contributed by atoms with Crippen molar-refractivity contribution < 1.29 is 19.3 Å². The second kappa shape index (κ2) is 11.9. The maximum atomic E-state index is 11.1. The Labute approximate surface area is 199 Å². The summed E-state index contributed by atoms with van der Waals surface area (Å²) in [4.78, 5) is 1.07. The zero-order valence-electron chi connectivity index (χ0n) is 17.7. The molecule has 0 spiro atoms. The van der Waals surface area contributed by atoms with Gasteiger partial charge in [-0.1, -0.05) is 90.6 Å². The number of rotatable bonds is 9. The molecule has 1 aliphatic heterocycles. The average Bonchev–Trinajstić information content (AvgIpc) is 2.85. The Hall–Kier alpha value is -1.80. The summed E-state index contributed by atoms with van der Waals surface area (Å²) in [6.45, 7) is 0.792. The summed E-state index contributed by atoms with van der Waals surface area (Å²) in [5.74, 6) is 0.392. The number of thioether (sulfide) groups is 1. The van der Waals surface area contributed by atoms with Crippen LogP contribution < -0.4 is 0 Å². The monoisotopic (exact) mass is 468 g/mol. The second-order valence-electron chi connectivity index (χ2n) is 7.67. The highest BCUT2D eigenvalue weighted by Gasteiger charge is 2.46. The van der Waals surface area contributed by atoms with Crippen LogP contribution in [0.15, 0.2) is 95.9 Å². The van der Waals surface area contributed by atoms with E-state index in [4.69, 9.17) is 14.2 Å². The first-order valence-electron chi connectivity index (χ1n) is 10.7. The molecule has 0 unspecified atom stereocenters. The van der Waals surface area contributed by atoms with Gasteiger partial charge in [0.05, 0.1) is 19.3 Å².